The Labute approximate surface area is 148 Å². The van der Waals surface area contributed by atoms with Gasteiger partial charge in [-0.2, -0.15) is 0 Å². The van der Waals surface area contributed by atoms with E-state index in [9.17, 15) is 0 Å². The zero-order valence-electron chi connectivity index (χ0n) is 14.9. The molecule has 0 amide bonds. The molecule has 0 radical (unpaired) electrons. The van der Waals surface area contributed by atoms with Gasteiger partial charge in [-0.05, 0) is 24.6 Å². The first-order chi connectivity index (χ1) is 12.2. The van der Waals surface area contributed by atoms with Crippen LogP contribution in [0.25, 0.3) is 0 Å². The lowest BCUT2D eigenvalue weighted by Crippen LogP contribution is -2.23. The van der Waals surface area contributed by atoms with E-state index in [1.807, 2.05) is 31.2 Å². The van der Waals surface area contributed by atoms with Crippen LogP contribution >= 0.6 is 0 Å². The van der Waals surface area contributed by atoms with Crippen LogP contribution in [-0.2, 0) is 17.7 Å². The maximum Gasteiger partial charge on any atom is 0.137 e. The number of benzene rings is 1. The number of likely N-dealkylation sites (tertiary alicyclic amines) is 1. The van der Waals surface area contributed by atoms with E-state index in [1.54, 1.807) is 7.11 Å². The summed E-state index contributed by atoms with van der Waals surface area (Å²) in [5, 5.41) is 12.8. The van der Waals surface area contributed by atoms with Crippen LogP contribution in [0.1, 0.15) is 17.0 Å². The lowest BCUT2D eigenvalue weighted by Gasteiger charge is -2.16. The molecule has 1 aliphatic rings. The monoisotopic (exact) mass is 346 g/mol. The number of rotatable bonds is 8. The van der Waals surface area contributed by atoms with Crippen molar-refractivity contribution < 1.29 is 19.1 Å². The number of methoxy groups -OCH3 is 1. The minimum Gasteiger partial charge on any atom is -0.491 e. The molecular weight excluding hydrogens is 320 g/mol. The van der Waals surface area contributed by atoms with Gasteiger partial charge in [0.25, 0.3) is 0 Å². The third-order valence-corrected chi connectivity index (χ3v) is 4.56. The molecule has 1 aromatic carbocycles. The van der Waals surface area contributed by atoms with Crippen LogP contribution in [0.15, 0.2) is 34.9 Å². The molecule has 1 saturated heterocycles. The number of aryl methyl sites for hydroxylation is 1. The van der Waals surface area contributed by atoms with E-state index in [0.29, 0.717) is 12.5 Å². The molecule has 1 N–H and O–H groups in total. The Morgan fingerprint density at radius 2 is 2.20 bits per heavy atom. The smallest absolute Gasteiger partial charge is 0.137 e. The zero-order chi connectivity index (χ0) is 17.6. The number of aliphatic hydroxyl groups is 1. The average molecular weight is 346 g/mol. The summed E-state index contributed by atoms with van der Waals surface area (Å²) in [6.45, 7) is 4.98. The summed E-state index contributed by atoms with van der Waals surface area (Å²) in [6.07, 6.45) is 1.04. The molecule has 0 spiro atoms. The van der Waals surface area contributed by atoms with Crippen molar-refractivity contribution in [3.8, 4) is 5.75 Å². The highest BCUT2D eigenvalue weighted by Gasteiger charge is 2.33. The summed E-state index contributed by atoms with van der Waals surface area (Å²) in [5.41, 5.74) is 2.11. The molecule has 0 saturated carbocycles. The number of hydrogen-bond acceptors (Lipinski definition) is 6. The normalized spacial score (nSPS) is 20.9. The second-order valence-electron chi connectivity index (χ2n) is 6.59. The van der Waals surface area contributed by atoms with Crippen LogP contribution in [-0.4, -0.2) is 54.7 Å². The van der Waals surface area contributed by atoms with Gasteiger partial charge in [-0.3, -0.25) is 4.90 Å². The van der Waals surface area contributed by atoms with Crippen LogP contribution in [0.5, 0.6) is 5.75 Å². The summed E-state index contributed by atoms with van der Waals surface area (Å²) in [6, 6.07) is 10.0. The largest absolute Gasteiger partial charge is 0.491 e. The Kier molecular flexibility index (Phi) is 6.07. The van der Waals surface area contributed by atoms with Crippen molar-refractivity contribution in [2.24, 2.45) is 5.92 Å². The van der Waals surface area contributed by atoms with Gasteiger partial charge in [-0.15, -0.1) is 0 Å². The quantitative estimate of drug-likeness (QED) is 0.789. The SMILES string of the molecule is CO[C@H]1CN(Cc2cccc(OCCO)c2)C[C@H]1Cc1cc(C)no1. The number of hydrogen-bond donors (Lipinski definition) is 1. The molecule has 3 rings (SSSR count). The minimum atomic E-state index is 0.0225. The maximum atomic E-state index is 8.88. The lowest BCUT2D eigenvalue weighted by atomic mass is 10.0. The number of aromatic nitrogens is 1. The Hall–Kier alpha value is -1.89. The summed E-state index contributed by atoms with van der Waals surface area (Å²) in [4.78, 5) is 2.40. The Morgan fingerprint density at radius 3 is 2.92 bits per heavy atom. The van der Waals surface area contributed by atoms with Crippen molar-refractivity contribution in [1.29, 1.82) is 0 Å². The maximum absolute atomic E-state index is 8.88. The highest BCUT2D eigenvalue weighted by Crippen LogP contribution is 2.26. The van der Waals surface area contributed by atoms with Crippen molar-refractivity contribution in [1.82, 2.24) is 10.1 Å². The molecule has 2 heterocycles. The predicted molar refractivity (Wildman–Crippen MR) is 93.5 cm³/mol. The molecule has 0 bridgehead atoms. The van der Waals surface area contributed by atoms with E-state index in [0.717, 1.165) is 43.3 Å². The molecule has 6 nitrogen and oxygen atoms in total. The third-order valence-electron chi connectivity index (χ3n) is 4.56. The van der Waals surface area contributed by atoms with Crippen LogP contribution in [0.3, 0.4) is 0 Å². The average Bonchev–Trinajstić information content (AvgIpc) is 3.19. The number of ether oxygens (including phenoxy) is 2. The second-order valence-corrected chi connectivity index (χ2v) is 6.59. The third kappa shape index (κ3) is 4.81. The van der Waals surface area contributed by atoms with Gasteiger partial charge in [0.05, 0.1) is 18.4 Å². The van der Waals surface area contributed by atoms with E-state index in [-0.39, 0.29) is 12.7 Å². The molecule has 25 heavy (non-hydrogen) atoms. The van der Waals surface area contributed by atoms with E-state index in [2.05, 4.69) is 16.1 Å². The van der Waals surface area contributed by atoms with Crippen LogP contribution in [0.2, 0.25) is 0 Å². The molecule has 0 unspecified atom stereocenters. The first-order valence-electron chi connectivity index (χ1n) is 8.68. The Morgan fingerprint density at radius 1 is 1.32 bits per heavy atom. The van der Waals surface area contributed by atoms with Crippen LogP contribution in [0.4, 0.5) is 0 Å². The van der Waals surface area contributed by atoms with E-state index in [1.165, 1.54) is 5.56 Å². The van der Waals surface area contributed by atoms with Crippen molar-refractivity contribution in [3.05, 3.63) is 47.3 Å². The number of aliphatic hydroxyl groups excluding tert-OH is 1. The Balaban J connectivity index is 1.60. The highest BCUT2D eigenvalue weighted by atomic mass is 16.5. The first-order valence-corrected chi connectivity index (χ1v) is 8.68. The number of nitrogens with zero attached hydrogens (tertiary/aromatic N) is 2. The zero-order valence-corrected chi connectivity index (χ0v) is 14.9. The fraction of sp³-hybridized carbons (Fsp3) is 0.526. The fourth-order valence-electron chi connectivity index (χ4n) is 3.45. The van der Waals surface area contributed by atoms with Gasteiger partial charge in [0, 0.05) is 45.1 Å². The van der Waals surface area contributed by atoms with E-state index < -0.39 is 0 Å². The van der Waals surface area contributed by atoms with Gasteiger partial charge in [-0.1, -0.05) is 17.3 Å². The molecule has 1 fully saturated rings. The molecule has 2 aromatic rings. The summed E-state index contributed by atoms with van der Waals surface area (Å²) in [7, 11) is 1.77. The van der Waals surface area contributed by atoms with Gasteiger partial charge >= 0.3 is 0 Å². The summed E-state index contributed by atoms with van der Waals surface area (Å²) in [5.74, 6) is 2.11. The molecular formula is C19H26N2O4. The van der Waals surface area contributed by atoms with Crippen LogP contribution < -0.4 is 4.74 Å². The van der Waals surface area contributed by atoms with E-state index >= 15 is 0 Å². The molecule has 0 aliphatic carbocycles. The van der Waals surface area contributed by atoms with E-state index in [4.69, 9.17) is 19.1 Å². The molecule has 2 atom stereocenters. The molecule has 1 aromatic heterocycles. The van der Waals surface area contributed by atoms with Crippen molar-refractivity contribution in [2.45, 2.75) is 26.0 Å². The second kappa shape index (κ2) is 8.47. The summed E-state index contributed by atoms with van der Waals surface area (Å²) < 4.78 is 16.5. The van der Waals surface area contributed by atoms with Crippen molar-refractivity contribution >= 4 is 0 Å². The predicted octanol–water partition coefficient (Wildman–Crippen LogP) is 2.04. The molecule has 6 heteroatoms. The van der Waals surface area contributed by atoms with Gasteiger partial charge in [-0.25, -0.2) is 0 Å². The van der Waals surface area contributed by atoms with Crippen LogP contribution in [0, 0.1) is 12.8 Å². The van der Waals surface area contributed by atoms with Gasteiger partial charge in [0.15, 0.2) is 0 Å². The van der Waals surface area contributed by atoms with Gasteiger partial charge in [0.2, 0.25) is 0 Å². The molecule has 1 aliphatic heterocycles. The lowest BCUT2D eigenvalue weighted by molar-refractivity contribution is 0.0761. The van der Waals surface area contributed by atoms with Gasteiger partial charge in [0.1, 0.15) is 18.1 Å². The van der Waals surface area contributed by atoms with Crippen molar-refractivity contribution in [2.75, 3.05) is 33.4 Å². The first kappa shape index (κ1) is 17.9. The fourth-order valence-corrected chi connectivity index (χ4v) is 3.45. The standard InChI is InChI=1S/C19H26N2O4/c1-14-8-18(25-20-14)10-16-12-21(13-19(16)23-2)11-15-4-3-5-17(9-15)24-7-6-22/h3-5,8-9,16,19,22H,6-7,10-13H2,1-2H3/t16-,19+/m1/s1. The van der Waals surface area contributed by atoms with Gasteiger partial charge < -0.3 is 19.1 Å². The molecule has 136 valence electrons. The Bertz CT molecular complexity index is 673. The summed E-state index contributed by atoms with van der Waals surface area (Å²) >= 11 is 0. The van der Waals surface area contributed by atoms with Crippen molar-refractivity contribution in [3.63, 3.8) is 0 Å². The topological polar surface area (TPSA) is 68.0 Å². The highest BCUT2D eigenvalue weighted by molar-refractivity contribution is 5.28. The minimum absolute atomic E-state index is 0.0225.